The Balaban J connectivity index is 1.56. The van der Waals surface area contributed by atoms with E-state index in [2.05, 4.69) is 15.1 Å². The number of hydrogen-bond donors (Lipinski definition) is 2. The second kappa shape index (κ2) is 6.81. The summed E-state index contributed by atoms with van der Waals surface area (Å²) in [7, 11) is -3.60. The second-order valence-electron chi connectivity index (χ2n) is 5.10. The first-order valence-electron chi connectivity index (χ1n) is 7.33. The van der Waals surface area contributed by atoms with Gasteiger partial charge in [-0.15, -0.1) is 0 Å². The number of imidazole rings is 1. The van der Waals surface area contributed by atoms with Crippen LogP contribution in [0.3, 0.4) is 0 Å². The van der Waals surface area contributed by atoms with Crippen LogP contribution < -0.4 is 10.1 Å². The van der Waals surface area contributed by atoms with Crippen molar-refractivity contribution in [3.8, 4) is 0 Å². The Labute approximate surface area is 139 Å². The topological polar surface area (TPSA) is 93.1 Å². The zero-order valence-corrected chi connectivity index (χ0v) is 13.5. The van der Waals surface area contributed by atoms with Gasteiger partial charge in [0, 0.05) is 13.0 Å². The minimum atomic E-state index is -3.60. The van der Waals surface area contributed by atoms with Crippen molar-refractivity contribution in [2.75, 3.05) is 12.0 Å². The number of fused-ring (bicyclic) bond motifs is 1. The minimum Gasteiger partial charge on any atom is -0.273 e. The molecule has 2 N–H and O–H groups in total. The highest BCUT2D eigenvalue weighted by molar-refractivity contribution is 7.89. The van der Waals surface area contributed by atoms with Crippen molar-refractivity contribution in [1.29, 1.82) is 0 Å². The van der Waals surface area contributed by atoms with Gasteiger partial charge in [-0.2, -0.15) is 0 Å². The van der Waals surface area contributed by atoms with Crippen molar-refractivity contribution >= 4 is 27.0 Å². The van der Waals surface area contributed by atoms with E-state index in [4.69, 9.17) is 0 Å². The number of carbonyl (C=O) groups is 1. The largest absolute Gasteiger partial charge is 0.273 e. The number of hydrogen-bond acceptors (Lipinski definition) is 4. The number of amides is 1. The second-order valence-corrected chi connectivity index (χ2v) is 6.87. The smallest absolute Gasteiger partial charge is 0.240 e. The lowest BCUT2D eigenvalue weighted by molar-refractivity contribution is -0.116. The molecule has 0 atom stereocenters. The van der Waals surface area contributed by atoms with Gasteiger partial charge in [0.15, 0.2) is 0 Å². The molecule has 0 radical (unpaired) electrons. The summed E-state index contributed by atoms with van der Waals surface area (Å²) in [6.07, 6.45) is 1.52. The van der Waals surface area contributed by atoms with Crippen molar-refractivity contribution in [3.05, 3.63) is 60.9 Å². The Hall–Kier alpha value is -2.71. The summed E-state index contributed by atoms with van der Waals surface area (Å²) < 4.78 is 28.0. The maximum atomic E-state index is 12.0. The van der Waals surface area contributed by atoms with E-state index in [-0.39, 0.29) is 23.8 Å². The van der Waals surface area contributed by atoms with Gasteiger partial charge in [-0.1, -0.05) is 30.3 Å². The monoisotopic (exact) mass is 344 g/mol. The number of nitrogens with zero attached hydrogens (tertiary/aromatic N) is 2. The molecule has 0 unspecified atom stereocenters. The number of nitrogens with one attached hydrogen (secondary N) is 2. The van der Waals surface area contributed by atoms with E-state index in [1.165, 1.54) is 23.1 Å². The van der Waals surface area contributed by atoms with Gasteiger partial charge in [0.05, 0.1) is 15.9 Å². The first-order valence-corrected chi connectivity index (χ1v) is 8.81. The molecular weight excluding hydrogens is 328 g/mol. The predicted octanol–water partition coefficient (Wildman–Crippen LogP) is 1.47. The molecule has 3 rings (SSSR count). The maximum Gasteiger partial charge on any atom is 0.240 e. The Morgan fingerprint density at radius 2 is 1.75 bits per heavy atom. The molecule has 1 aromatic heterocycles. The van der Waals surface area contributed by atoms with Crippen LogP contribution in [-0.2, 0) is 14.8 Å². The number of para-hydroxylation sites is 2. The van der Waals surface area contributed by atoms with Crippen LogP contribution in [0.4, 0.5) is 0 Å². The summed E-state index contributed by atoms with van der Waals surface area (Å²) in [5, 5.41) is 0. The molecule has 24 heavy (non-hydrogen) atoms. The third-order valence-corrected chi connectivity index (χ3v) is 4.87. The quantitative estimate of drug-likeness (QED) is 0.708. The third kappa shape index (κ3) is 3.61. The molecule has 0 aliphatic rings. The maximum absolute atomic E-state index is 12.0. The summed E-state index contributed by atoms with van der Waals surface area (Å²) >= 11 is 0. The molecule has 124 valence electrons. The molecule has 1 heterocycles. The average Bonchev–Trinajstić information content (AvgIpc) is 2.99. The van der Waals surface area contributed by atoms with Crippen LogP contribution in [0.15, 0.2) is 65.8 Å². The van der Waals surface area contributed by atoms with Gasteiger partial charge < -0.3 is 0 Å². The van der Waals surface area contributed by atoms with Gasteiger partial charge in [0.25, 0.3) is 0 Å². The number of benzene rings is 2. The molecule has 8 heteroatoms. The highest BCUT2D eigenvalue weighted by Crippen LogP contribution is 2.10. The summed E-state index contributed by atoms with van der Waals surface area (Å²) in [6, 6.07) is 15.4. The average molecular weight is 344 g/mol. The van der Waals surface area contributed by atoms with E-state index in [1.807, 2.05) is 24.3 Å². The molecule has 2 aromatic carbocycles. The van der Waals surface area contributed by atoms with Crippen LogP contribution >= 0.6 is 0 Å². The highest BCUT2D eigenvalue weighted by atomic mass is 32.2. The Morgan fingerprint density at radius 1 is 1.04 bits per heavy atom. The third-order valence-electron chi connectivity index (χ3n) is 3.40. The molecule has 3 aromatic rings. The van der Waals surface area contributed by atoms with Gasteiger partial charge in [-0.3, -0.25) is 10.2 Å². The van der Waals surface area contributed by atoms with E-state index in [9.17, 15) is 13.2 Å². The molecule has 0 aliphatic heterocycles. The van der Waals surface area contributed by atoms with Crippen molar-refractivity contribution < 1.29 is 13.2 Å². The fourth-order valence-corrected chi connectivity index (χ4v) is 3.27. The van der Waals surface area contributed by atoms with Gasteiger partial charge in [0.1, 0.15) is 6.33 Å². The zero-order chi connectivity index (χ0) is 17.0. The molecule has 7 nitrogen and oxygen atoms in total. The standard InChI is InChI=1S/C16H16N4O3S/c21-16(19-20-12-17-14-8-4-5-9-15(14)20)10-11-18-24(22,23)13-6-2-1-3-7-13/h1-9,12,18H,10-11H2,(H,19,21). The Kier molecular flexibility index (Phi) is 4.59. The van der Waals surface area contributed by atoms with Crippen LogP contribution in [0, 0.1) is 0 Å². The molecule has 0 fully saturated rings. The SMILES string of the molecule is O=C(CCNS(=O)(=O)c1ccccc1)Nn1cnc2ccccc21. The van der Waals surface area contributed by atoms with Crippen LogP contribution in [0.25, 0.3) is 11.0 Å². The Morgan fingerprint density at radius 3 is 2.54 bits per heavy atom. The molecular formula is C16H16N4O3S. The minimum absolute atomic E-state index is 0.00961. The van der Waals surface area contributed by atoms with Gasteiger partial charge in [-0.25, -0.2) is 22.8 Å². The number of sulfonamides is 1. The lowest BCUT2D eigenvalue weighted by atomic mass is 10.3. The van der Waals surface area contributed by atoms with Gasteiger partial charge in [-0.05, 0) is 24.3 Å². The summed E-state index contributed by atoms with van der Waals surface area (Å²) in [6.45, 7) is 0.00961. The molecule has 0 bridgehead atoms. The fraction of sp³-hybridized carbons (Fsp3) is 0.125. The first kappa shape index (κ1) is 16.2. The lowest BCUT2D eigenvalue weighted by Crippen LogP contribution is -2.30. The first-order chi connectivity index (χ1) is 11.6. The highest BCUT2D eigenvalue weighted by Gasteiger charge is 2.13. The van der Waals surface area contributed by atoms with Crippen molar-refractivity contribution in [2.24, 2.45) is 0 Å². The summed E-state index contributed by atoms with van der Waals surface area (Å²) in [5.41, 5.74) is 4.21. The normalized spacial score (nSPS) is 11.5. The van der Waals surface area contributed by atoms with Crippen LogP contribution in [-0.4, -0.2) is 30.5 Å². The molecule has 0 saturated carbocycles. The molecule has 0 spiro atoms. The summed E-state index contributed by atoms with van der Waals surface area (Å²) in [4.78, 5) is 16.3. The van der Waals surface area contributed by atoms with Crippen LogP contribution in [0.2, 0.25) is 0 Å². The van der Waals surface area contributed by atoms with Crippen molar-refractivity contribution in [3.63, 3.8) is 0 Å². The van der Waals surface area contributed by atoms with E-state index >= 15 is 0 Å². The van der Waals surface area contributed by atoms with Gasteiger partial charge >= 0.3 is 0 Å². The van der Waals surface area contributed by atoms with Crippen LogP contribution in [0.5, 0.6) is 0 Å². The van der Waals surface area contributed by atoms with Gasteiger partial charge in [0.2, 0.25) is 15.9 Å². The van der Waals surface area contributed by atoms with Crippen molar-refractivity contribution in [2.45, 2.75) is 11.3 Å². The fourth-order valence-electron chi connectivity index (χ4n) is 2.22. The number of carbonyl (C=O) groups excluding carboxylic acids is 1. The van der Waals surface area contributed by atoms with Crippen LogP contribution in [0.1, 0.15) is 6.42 Å². The van der Waals surface area contributed by atoms with E-state index in [1.54, 1.807) is 18.2 Å². The lowest BCUT2D eigenvalue weighted by Gasteiger charge is -2.08. The number of aromatic nitrogens is 2. The molecule has 0 aliphatic carbocycles. The summed E-state index contributed by atoms with van der Waals surface area (Å²) in [5.74, 6) is -0.311. The van der Waals surface area contributed by atoms with E-state index < -0.39 is 10.0 Å². The predicted molar refractivity (Wildman–Crippen MR) is 90.3 cm³/mol. The number of rotatable bonds is 6. The van der Waals surface area contributed by atoms with Crippen molar-refractivity contribution in [1.82, 2.24) is 14.4 Å². The Bertz CT molecular complexity index is 952. The van der Waals surface area contributed by atoms with E-state index in [0.29, 0.717) is 0 Å². The van der Waals surface area contributed by atoms with E-state index in [0.717, 1.165) is 11.0 Å². The molecule has 1 amide bonds. The zero-order valence-electron chi connectivity index (χ0n) is 12.7. The molecule has 0 saturated heterocycles.